The zero-order valence-corrected chi connectivity index (χ0v) is 18.3. The van der Waals surface area contributed by atoms with E-state index >= 15 is 0 Å². The summed E-state index contributed by atoms with van der Waals surface area (Å²) in [5.74, 6) is 0.871. The zero-order chi connectivity index (χ0) is 19.3. The summed E-state index contributed by atoms with van der Waals surface area (Å²) >= 11 is 0. The first-order valence-corrected chi connectivity index (χ1v) is 13.4. The van der Waals surface area contributed by atoms with Gasteiger partial charge >= 0.3 is 0 Å². The van der Waals surface area contributed by atoms with Crippen molar-refractivity contribution >= 4 is 18.2 Å². The van der Waals surface area contributed by atoms with E-state index < -0.39 is 18.2 Å². The number of ether oxygens (including phenoxy) is 1. The molecule has 0 aromatic carbocycles. The highest BCUT2D eigenvalue weighted by molar-refractivity contribution is 7.92. The molecule has 0 fully saturated rings. The molecule has 0 aliphatic heterocycles. The van der Waals surface area contributed by atoms with Crippen LogP contribution in [0.5, 0.6) is 5.88 Å². The molecule has 8 heteroatoms. The van der Waals surface area contributed by atoms with Gasteiger partial charge in [0.2, 0.25) is 5.88 Å². The van der Waals surface area contributed by atoms with Crippen LogP contribution in [0.15, 0.2) is 28.9 Å². The van der Waals surface area contributed by atoms with Crippen molar-refractivity contribution in [3.63, 3.8) is 0 Å². The highest BCUT2D eigenvalue weighted by Gasteiger charge is 2.37. The SMILES string of the molecule is C=CC[C@H](COc1ccn(CC)n1)CS(N)(=O)=N[Si](C)(C)C(C)(C)C. The minimum Gasteiger partial charge on any atom is -0.476 e. The van der Waals surface area contributed by atoms with Gasteiger partial charge in [-0.1, -0.05) is 26.8 Å². The molecule has 1 aromatic heterocycles. The second-order valence-electron chi connectivity index (χ2n) is 7.97. The molecule has 0 aliphatic rings. The first-order valence-electron chi connectivity index (χ1n) is 8.71. The van der Waals surface area contributed by atoms with Crippen LogP contribution in [0.25, 0.3) is 0 Å². The van der Waals surface area contributed by atoms with Gasteiger partial charge in [-0.25, -0.2) is 9.35 Å². The summed E-state index contributed by atoms with van der Waals surface area (Å²) in [6.45, 7) is 17.6. The summed E-state index contributed by atoms with van der Waals surface area (Å²) in [5, 5.41) is 10.4. The number of hydrogen-bond donors (Lipinski definition) is 1. The molecule has 0 saturated carbocycles. The van der Waals surface area contributed by atoms with Gasteiger partial charge in [0.25, 0.3) is 0 Å². The average Bonchev–Trinajstić information content (AvgIpc) is 2.90. The number of aromatic nitrogens is 2. The molecule has 0 amide bonds. The summed E-state index contributed by atoms with van der Waals surface area (Å²) in [5.41, 5.74) is 0. The Kier molecular flexibility index (Phi) is 7.46. The lowest BCUT2D eigenvalue weighted by Crippen LogP contribution is -2.39. The lowest BCUT2D eigenvalue weighted by atomic mass is 10.1. The van der Waals surface area contributed by atoms with Crippen LogP contribution in [0, 0.1) is 5.92 Å². The standard InChI is InChI=1S/C17H34N4O2SSi/c1-8-10-15(13-23-16-11-12-21(9-2)19-16)14-24(18,22)20-25(6,7)17(3,4)5/h8,11-12,15H,1,9-10,13-14H2,2-7H3,(H2,18,20,22)/t15-,24?/m1/s1. The largest absolute Gasteiger partial charge is 0.476 e. The van der Waals surface area contributed by atoms with E-state index in [1.807, 2.05) is 19.2 Å². The maximum Gasteiger partial charge on any atom is 0.232 e. The molecule has 2 N–H and O–H groups in total. The maximum atomic E-state index is 12.9. The first kappa shape index (κ1) is 21.9. The number of rotatable bonds is 9. The smallest absolute Gasteiger partial charge is 0.232 e. The molecule has 1 unspecified atom stereocenters. The third-order valence-electron chi connectivity index (χ3n) is 4.60. The highest BCUT2D eigenvalue weighted by Crippen LogP contribution is 2.37. The van der Waals surface area contributed by atoms with E-state index in [4.69, 9.17) is 9.88 Å². The average molecular weight is 387 g/mol. The van der Waals surface area contributed by atoms with Crippen molar-refractivity contribution in [2.45, 2.75) is 58.8 Å². The van der Waals surface area contributed by atoms with Crippen molar-refractivity contribution in [1.29, 1.82) is 0 Å². The summed E-state index contributed by atoms with van der Waals surface area (Å²) in [7, 11) is -4.84. The Bertz CT molecular complexity index is 685. The van der Waals surface area contributed by atoms with Gasteiger partial charge in [0.05, 0.1) is 22.3 Å². The van der Waals surface area contributed by atoms with Gasteiger partial charge in [-0.15, -0.1) is 11.7 Å². The Balaban J connectivity index is 2.85. The molecule has 25 heavy (non-hydrogen) atoms. The van der Waals surface area contributed by atoms with Crippen LogP contribution in [0.2, 0.25) is 18.1 Å². The Hall–Kier alpha value is -1.12. The fourth-order valence-electron chi connectivity index (χ4n) is 2.12. The summed E-state index contributed by atoms with van der Waals surface area (Å²) in [6, 6.07) is 1.83. The molecule has 144 valence electrons. The Morgan fingerprint density at radius 2 is 2.16 bits per heavy atom. The fraction of sp³-hybridized carbons (Fsp3) is 0.706. The number of nitrogens with zero attached hydrogens (tertiary/aromatic N) is 3. The van der Waals surface area contributed by atoms with Crippen LogP contribution in [0.1, 0.15) is 34.1 Å². The van der Waals surface area contributed by atoms with Gasteiger partial charge in [0.15, 0.2) is 8.24 Å². The van der Waals surface area contributed by atoms with Gasteiger partial charge in [-0.05, 0) is 31.5 Å². The number of hydrogen-bond acceptors (Lipinski definition) is 4. The van der Waals surface area contributed by atoms with Crippen molar-refractivity contribution in [2.75, 3.05) is 12.4 Å². The lowest BCUT2D eigenvalue weighted by Gasteiger charge is -2.33. The van der Waals surface area contributed by atoms with Crippen LogP contribution in [-0.4, -0.2) is 34.6 Å². The molecule has 0 spiro atoms. The molecular weight excluding hydrogens is 352 g/mol. The third-order valence-corrected chi connectivity index (χ3v) is 12.3. The second-order valence-corrected chi connectivity index (χ2v) is 15.0. The quantitative estimate of drug-likeness (QED) is 0.517. The van der Waals surface area contributed by atoms with E-state index in [9.17, 15) is 4.21 Å². The fourth-order valence-corrected chi connectivity index (χ4v) is 7.51. The molecular formula is C17H34N4O2SSi. The third kappa shape index (κ3) is 6.95. The van der Waals surface area contributed by atoms with Gasteiger partial charge in [-0.2, -0.15) is 0 Å². The van der Waals surface area contributed by atoms with Crippen molar-refractivity contribution in [2.24, 2.45) is 15.1 Å². The molecule has 1 aromatic rings. The van der Waals surface area contributed by atoms with Crippen LogP contribution < -0.4 is 9.88 Å². The van der Waals surface area contributed by atoms with Crippen molar-refractivity contribution in [3.05, 3.63) is 24.9 Å². The zero-order valence-electron chi connectivity index (χ0n) is 16.5. The topological polar surface area (TPSA) is 82.5 Å². The van der Waals surface area contributed by atoms with Gasteiger partial charge in [0.1, 0.15) is 0 Å². The lowest BCUT2D eigenvalue weighted by molar-refractivity contribution is 0.251. The number of allylic oxidation sites excluding steroid dienone is 1. The molecule has 2 atom stereocenters. The molecule has 6 nitrogen and oxygen atoms in total. The van der Waals surface area contributed by atoms with Crippen LogP contribution in [0.4, 0.5) is 0 Å². The predicted octanol–water partition coefficient (Wildman–Crippen LogP) is 3.82. The van der Waals surface area contributed by atoms with Crippen LogP contribution in [0.3, 0.4) is 0 Å². The Morgan fingerprint density at radius 3 is 2.64 bits per heavy atom. The van der Waals surface area contributed by atoms with Crippen molar-refractivity contribution < 1.29 is 8.95 Å². The number of nitrogens with two attached hydrogens (primary N) is 1. The molecule has 1 heterocycles. The minimum atomic E-state index is -2.76. The predicted molar refractivity (Wildman–Crippen MR) is 109 cm³/mol. The minimum absolute atomic E-state index is 0.00436. The second kappa shape index (κ2) is 8.51. The number of aryl methyl sites for hydroxylation is 1. The maximum absolute atomic E-state index is 12.9. The Morgan fingerprint density at radius 1 is 1.52 bits per heavy atom. The van der Waals surface area contributed by atoms with Crippen LogP contribution >= 0.6 is 0 Å². The molecule has 0 saturated heterocycles. The van der Waals surface area contributed by atoms with Gasteiger partial charge in [-0.3, -0.25) is 8.71 Å². The van der Waals surface area contributed by atoms with E-state index in [-0.39, 0.29) is 11.0 Å². The summed E-state index contributed by atoms with van der Waals surface area (Å²) < 4.78 is 25.1. The van der Waals surface area contributed by atoms with Crippen molar-refractivity contribution in [3.8, 4) is 5.88 Å². The van der Waals surface area contributed by atoms with E-state index in [0.717, 1.165) is 6.54 Å². The monoisotopic (exact) mass is 386 g/mol. The Labute approximate surface area is 154 Å². The van der Waals surface area contributed by atoms with Gasteiger partial charge in [0, 0.05) is 24.7 Å². The normalized spacial score (nSPS) is 16.1. The first-order chi connectivity index (χ1) is 11.4. The molecule has 0 radical (unpaired) electrons. The van der Waals surface area contributed by atoms with Crippen molar-refractivity contribution in [1.82, 2.24) is 9.78 Å². The van der Waals surface area contributed by atoms with E-state index in [2.05, 4.69) is 49.6 Å². The summed E-state index contributed by atoms with van der Waals surface area (Å²) in [4.78, 5) is 0. The summed E-state index contributed by atoms with van der Waals surface area (Å²) in [6.07, 6.45) is 4.35. The molecule has 0 bridgehead atoms. The van der Waals surface area contributed by atoms with E-state index in [1.54, 1.807) is 10.8 Å². The molecule has 1 rings (SSSR count). The van der Waals surface area contributed by atoms with Crippen LogP contribution in [-0.2, 0) is 16.5 Å². The van der Waals surface area contributed by atoms with Gasteiger partial charge < -0.3 is 4.74 Å². The van der Waals surface area contributed by atoms with E-state index in [0.29, 0.717) is 24.7 Å². The van der Waals surface area contributed by atoms with E-state index in [1.165, 1.54) is 0 Å². The molecule has 0 aliphatic carbocycles. The highest BCUT2D eigenvalue weighted by atomic mass is 32.2.